The van der Waals surface area contributed by atoms with Gasteiger partial charge in [0, 0.05) is 19.7 Å². The van der Waals surface area contributed by atoms with Gasteiger partial charge in [0.15, 0.2) is 5.76 Å². The fraction of sp³-hybridized carbons (Fsp3) is 0.286. The highest BCUT2D eigenvalue weighted by Gasteiger charge is 2.12. The molecule has 0 atom stereocenters. The number of nitrogens with one attached hydrogen (secondary N) is 1. The van der Waals surface area contributed by atoms with Gasteiger partial charge in [0.25, 0.3) is 0 Å². The first-order valence-corrected chi connectivity index (χ1v) is 6.17. The second-order valence-electron chi connectivity index (χ2n) is 4.18. The van der Waals surface area contributed by atoms with E-state index in [4.69, 9.17) is 9.26 Å². The molecule has 0 aliphatic heterocycles. The van der Waals surface area contributed by atoms with Crippen LogP contribution >= 0.6 is 0 Å². The van der Waals surface area contributed by atoms with Crippen LogP contribution in [0.2, 0.25) is 0 Å². The van der Waals surface area contributed by atoms with Crippen LogP contribution in [0.25, 0.3) is 11.3 Å². The van der Waals surface area contributed by atoms with Crippen molar-refractivity contribution in [3.63, 3.8) is 0 Å². The Morgan fingerprint density at radius 2 is 2.25 bits per heavy atom. The topological polar surface area (TPSA) is 64.4 Å². The second kappa shape index (κ2) is 6.81. The number of rotatable bonds is 6. The largest absolute Gasteiger partial charge is 0.383 e. The number of methoxy groups -OCH3 is 1. The minimum atomic E-state index is -0.389. The summed E-state index contributed by atoms with van der Waals surface area (Å²) in [6.45, 7) is 0.887. The first-order chi connectivity index (χ1) is 9.70. The number of carbonyl (C=O) groups is 1. The average molecular weight is 278 g/mol. The molecule has 1 aromatic carbocycles. The summed E-state index contributed by atoms with van der Waals surface area (Å²) in [5.41, 5.74) is 0.782. The summed E-state index contributed by atoms with van der Waals surface area (Å²) >= 11 is 0. The molecule has 1 amide bonds. The number of halogens is 1. The van der Waals surface area contributed by atoms with E-state index in [1.165, 1.54) is 6.07 Å². The standard InChI is InChI=1S/C14H15FN2O3/c1-19-7-6-16-14(18)9-10-8-13(20-17-10)11-4-2-3-5-12(11)15/h2-5,8H,6-7,9H2,1H3,(H,16,18). The third-order valence-electron chi connectivity index (χ3n) is 2.67. The summed E-state index contributed by atoms with van der Waals surface area (Å²) in [5, 5.41) is 6.44. The van der Waals surface area contributed by atoms with Gasteiger partial charge in [-0.2, -0.15) is 0 Å². The Morgan fingerprint density at radius 1 is 1.45 bits per heavy atom. The molecule has 6 heteroatoms. The molecule has 0 bridgehead atoms. The number of hydrogen-bond donors (Lipinski definition) is 1. The molecule has 0 unspecified atom stereocenters. The zero-order chi connectivity index (χ0) is 14.4. The fourth-order valence-electron chi connectivity index (χ4n) is 1.70. The highest BCUT2D eigenvalue weighted by Crippen LogP contribution is 2.23. The highest BCUT2D eigenvalue weighted by molar-refractivity contribution is 5.78. The number of amides is 1. The third-order valence-corrected chi connectivity index (χ3v) is 2.67. The molecular formula is C14H15FN2O3. The molecular weight excluding hydrogens is 263 g/mol. The quantitative estimate of drug-likeness (QED) is 0.818. The smallest absolute Gasteiger partial charge is 0.226 e. The Kier molecular flexibility index (Phi) is 4.84. The molecule has 2 rings (SSSR count). The van der Waals surface area contributed by atoms with Crippen LogP contribution in [0.5, 0.6) is 0 Å². The van der Waals surface area contributed by atoms with Crippen molar-refractivity contribution in [3.05, 3.63) is 41.8 Å². The third kappa shape index (κ3) is 3.64. The number of carbonyl (C=O) groups excluding carboxylic acids is 1. The van der Waals surface area contributed by atoms with Crippen LogP contribution in [0, 0.1) is 5.82 Å². The predicted molar refractivity (Wildman–Crippen MR) is 70.5 cm³/mol. The summed E-state index contributed by atoms with van der Waals surface area (Å²) in [7, 11) is 1.56. The number of nitrogens with zero attached hydrogens (tertiary/aromatic N) is 1. The maximum Gasteiger partial charge on any atom is 0.226 e. The van der Waals surface area contributed by atoms with Gasteiger partial charge in [-0.25, -0.2) is 4.39 Å². The van der Waals surface area contributed by atoms with Crippen LogP contribution in [-0.4, -0.2) is 31.3 Å². The molecule has 0 aliphatic rings. The SMILES string of the molecule is COCCNC(=O)Cc1cc(-c2ccccc2F)on1. The van der Waals surface area contributed by atoms with Crippen molar-refractivity contribution in [2.75, 3.05) is 20.3 Å². The molecule has 20 heavy (non-hydrogen) atoms. The lowest BCUT2D eigenvalue weighted by Gasteiger charge is -2.01. The van der Waals surface area contributed by atoms with Gasteiger partial charge in [-0.15, -0.1) is 0 Å². The van der Waals surface area contributed by atoms with E-state index < -0.39 is 0 Å². The molecule has 1 heterocycles. The Balaban J connectivity index is 1.99. The van der Waals surface area contributed by atoms with Crippen molar-refractivity contribution < 1.29 is 18.4 Å². The van der Waals surface area contributed by atoms with E-state index in [0.717, 1.165) is 0 Å². The normalized spacial score (nSPS) is 10.5. The van der Waals surface area contributed by atoms with Crippen molar-refractivity contribution in [2.24, 2.45) is 0 Å². The van der Waals surface area contributed by atoms with Crippen molar-refractivity contribution in [1.29, 1.82) is 0 Å². The summed E-state index contributed by atoms with van der Waals surface area (Å²) in [6, 6.07) is 7.80. The van der Waals surface area contributed by atoms with Gasteiger partial charge >= 0.3 is 0 Å². The van der Waals surface area contributed by atoms with E-state index in [2.05, 4.69) is 10.5 Å². The first-order valence-electron chi connectivity index (χ1n) is 6.17. The molecule has 0 saturated carbocycles. The lowest BCUT2D eigenvalue weighted by molar-refractivity contribution is -0.120. The van der Waals surface area contributed by atoms with Gasteiger partial charge in [-0.05, 0) is 12.1 Å². The molecule has 0 fully saturated rings. The molecule has 0 radical (unpaired) electrons. The monoisotopic (exact) mass is 278 g/mol. The van der Waals surface area contributed by atoms with E-state index in [0.29, 0.717) is 30.2 Å². The summed E-state index contributed by atoms with van der Waals surface area (Å²) in [5.74, 6) is -0.266. The molecule has 0 spiro atoms. The van der Waals surface area contributed by atoms with E-state index >= 15 is 0 Å². The van der Waals surface area contributed by atoms with Crippen molar-refractivity contribution in [3.8, 4) is 11.3 Å². The second-order valence-corrected chi connectivity index (χ2v) is 4.18. The average Bonchev–Trinajstić information content (AvgIpc) is 2.88. The van der Waals surface area contributed by atoms with E-state index in [1.54, 1.807) is 31.4 Å². The van der Waals surface area contributed by atoms with E-state index in [-0.39, 0.29) is 18.1 Å². The van der Waals surface area contributed by atoms with Crippen LogP contribution in [0.15, 0.2) is 34.9 Å². The van der Waals surface area contributed by atoms with Crippen LogP contribution in [0.3, 0.4) is 0 Å². The predicted octanol–water partition coefficient (Wildman–Crippen LogP) is 1.79. The molecule has 0 aliphatic carbocycles. The number of ether oxygens (including phenoxy) is 1. The van der Waals surface area contributed by atoms with Gasteiger partial charge < -0.3 is 14.6 Å². The Morgan fingerprint density at radius 3 is 3.00 bits per heavy atom. The molecule has 0 saturated heterocycles. The van der Waals surface area contributed by atoms with E-state index in [9.17, 15) is 9.18 Å². The van der Waals surface area contributed by atoms with Gasteiger partial charge in [0.2, 0.25) is 5.91 Å². The minimum Gasteiger partial charge on any atom is -0.383 e. The first kappa shape index (κ1) is 14.2. The van der Waals surface area contributed by atoms with Gasteiger partial charge in [0.05, 0.1) is 24.3 Å². The molecule has 5 nitrogen and oxygen atoms in total. The Labute approximate surface area is 115 Å². The summed E-state index contributed by atoms with van der Waals surface area (Å²) < 4.78 is 23.5. The lowest BCUT2D eigenvalue weighted by atomic mass is 10.1. The minimum absolute atomic E-state index is 0.0850. The highest BCUT2D eigenvalue weighted by atomic mass is 19.1. The van der Waals surface area contributed by atoms with Gasteiger partial charge in [-0.1, -0.05) is 17.3 Å². The van der Waals surface area contributed by atoms with Crippen LogP contribution in [0.1, 0.15) is 5.69 Å². The van der Waals surface area contributed by atoms with Crippen LogP contribution in [0.4, 0.5) is 4.39 Å². The number of benzene rings is 1. The fourth-order valence-corrected chi connectivity index (χ4v) is 1.70. The van der Waals surface area contributed by atoms with Gasteiger partial charge in [-0.3, -0.25) is 4.79 Å². The Bertz CT molecular complexity index is 583. The molecule has 1 aromatic heterocycles. The zero-order valence-corrected chi connectivity index (χ0v) is 11.1. The maximum atomic E-state index is 13.6. The molecule has 1 N–H and O–H groups in total. The van der Waals surface area contributed by atoms with Crippen molar-refractivity contribution in [2.45, 2.75) is 6.42 Å². The van der Waals surface area contributed by atoms with Crippen LogP contribution < -0.4 is 5.32 Å². The van der Waals surface area contributed by atoms with Gasteiger partial charge in [0.1, 0.15) is 5.82 Å². The molecule has 2 aromatic rings. The zero-order valence-electron chi connectivity index (χ0n) is 11.1. The summed E-state index contributed by atoms with van der Waals surface area (Å²) in [4.78, 5) is 11.6. The number of hydrogen-bond acceptors (Lipinski definition) is 4. The Hall–Kier alpha value is -2.21. The lowest BCUT2D eigenvalue weighted by Crippen LogP contribution is -2.28. The van der Waals surface area contributed by atoms with E-state index in [1.807, 2.05) is 0 Å². The van der Waals surface area contributed by atoms with Crippen molar-refractivity contribution >= 4 is 5.91 Å². The number of aromatic nitrogens is 1. The van der Waals surface area contributed by atoms with Crippen molar-refractivity contribution in [1.82, 2.24) is 10.5 Å². The summed E-state index contributed by atoms with van der Waals surface area (Å²) in [6.07, 6.45) is 0.0850. The van der Waals surface area contributed by atoms with Crippen LogP contribution in [-0.2, 0) is 16.0 Å². The molecule has 106 valence electrons. The maximum absolute atomic E-state index is 13.6.